The summed E-state index contributed by atoms with van der Waals surface area (Å²) in [5.74, 6) is -0.582. The second-order valence-corrected chi connectivity index (χ2v) is 6.90. The summed E-state index contributed by atoms with van der Waals surface area (Å²) in [6.07, 6.45) is 3.01. The summed E-state index contributed by atoms with van der Waals surface area (Å²) in [6.45, 7) is 1.75. The van der Waals surface area contributed by atoms with Gasteiger partial charge in [-0.3, -0.25) is 20.4 Å². The molecule has 1 aliphatic rings. The lowest BCUT2D eigenvalue weighted by molar-refractivity contribution is -0.133. The molecule has 3 rings (SSSR count). The number of halogens is 1. The van der Waals surface area contributed by atoms with E-state index in [0.29, 0.717) is 24.2 Å². The second kappa shape index (κ2) is 8.20. The highest BCUT2D eigenvalue weighted by molar-refractivity contribution is 5.90. The van der Waals surface area contributed by atoms with Crippen molar-refractivity contribution in [3.8, 4) is 5.75 Å². The van der Waals surface area contributed by atoms with E-state index in [1.54, 1.807) is 24.3 Å². The van der Waals surface area contributed by atoms with E-state index in [1.165, 1.54) is 12.1 Å². The third-order valence-electron chi connectivity index (χ3n) is 4.98. The number of amides is 2. The number of carbonyl (C=O) groups is 2. The monoisotopic (exact) mass is 370 g/mol. The van der Waals surface area contributed by atoms with Crippen LogP contribution in [0.1, 0.15) is 36.8 Å². The number of hydrogen-bond donors (Lipinski definition) is 2. The summed E-state index contributed by atoms with van der Waals surface area (Å²) in [5.41, 5.74) is 5.81. The normalized spacial score (nSPS) is 15.2. The molecule has 2 N–H and O–H groups in total. The summed E-state index contributed by atoms with van der Waals surface area (Å²) in [7, 11) is 0. The average Bonchev–Trinajstić information content (AvgIpc) is 3.17. The van der Waals surface area contributed by atoms with Crippen molar-refractivity contribution in [3.05, 3.63) is 65.5 Å². The van der Waals surface area contributed by atoms with E-state index in [1.807, 2.05) is 19.1 Å². The molecule has 0 atom stereocenters. The van der Waals surface area contributed by atoms with Gasteiger partial charge in [-0.1, -0.05) is 42.7 Å². The molecule has 1 aliphatic carbocycles. The van der Waals surface area contributed by atoms with Crippen LogP contribution in [0.15, 0.2) is 48.5 Å². The number of hydrogen-bond acceptors (Lipinski definition) is 3. The second-order valence-electron chi connectivity index (χ2n) is 6.90. The van der Waals surface area contributed by atoms with Crippen molar-refractivity contribution < 1.29 is 18.7 Å². The molecular formula is C21H23FN2O3. The van der Waals surface area contributed by atoms with Gasteiger partial charge >= 0.3 is 0 Å². The average molecular weight is 370 g/mol. The first-order valence-electron chi connectivity index (χ1n) is 9.04. The number of benzene rings is 2. The van der Waals surface area contributed by atoms with Crippen LogP contribution >= 0.6 is 0 Å². The van der Waals surface area contributed by atoms with E-state index in [9.17, 15) is 14.0 Å². The number of rotatable bonds is 5. The van der Waals surface area contributed by atoms with E-state index in [0.717, 1.165) is 18.4 Å². The summed E-state index contributed by atoms with van der Waals surface area (Å²) in [6, 6.07) is 13.4. The molecule has 1 fully saturated rings. The van der Waals surface area contributed by atoms with Gasteiger partial charge in [-0.25, -0.2) is 4.39 Å². The number of ether oxygens (including phenoxy) is 1. The Bertz CT molecular complexity index is 814. The summed E-state index contributed by atoms with van der Waals surface area (Å²) < 4.78 is 19.0. The van der Waals surface area contributed by atoms with Gasteiger partial charge in [0, 0.05) is 0 Å². The van der Waals surface area contributed by atoms with Crippen molar-refractivity contribution >= 4 is 11.8 Å². The van der Waals surface area contributed by atoms with Crippen molar-refractivity contribution in [2.45, 2.75) is 38.0 Å². The first kappa shape index (κ1) is 18.9. The molecule has 2 aromatic rings. The third kappa shape index (κ3) is 4.45. The number of aryl methyl sites for hydroxylation is 1. The SMILES string of the molecule is Cc1ccc(OCC(=O)NNC(=O)C2(c3cccc(F)c3)CCCC2)cc1. The fraction of sp³-hybridized carbons (Fsp3) is 0.333. The molecule has 27 heavy (non-hydrogen) atoms. The standard InChI is InChI=1S/C21H23FN2O3/c1-15-7-9-18(10-8-15)27-14-19(25)23-24-20(26)21(11-2-3-12-21)16-5-4-6-17(22)13-16/h4-10,13H,2-3,11-12,14H2,1H3,(H,23,25)(H,24,26). The van der Waals surface area contributed by atoms with Crippen molar-refractivity contribution in [1.29, 1.82) is 0 Å². The van der Waals surface area contributed by atoms with Crippen LogP contribution in [0.4, 0.5) is 4.39 Å². The largest absolute Gasteiger partial charge is 0.484 e. The van der Waals surface area contributed by atoms with Gasteiger partial charge in [-0.15, -0.1) is 0 Å². The molecule has 1 saturated carbocycles. The summed E-state index contributed by atoms with van der Waals surface area (Å²) in [5, 5.41) is 0. The lowest BCUT2D eigenvalue weighted by Crippen LogP contribution is -2.51. The quantitative estimate of drug-likeness (QED) is 0.795. The molecule has 6 heteroatoms. The molecule has 2 aromatic carbocycles. The van der Waals surface area contributed by atoms with Gasteiger partial charge in [0.1, 0.15) is 11.6 Å². The predicted octanol–water partition coefficient (Wildman–Crippen LogP) is 3.17. The molecular weight excluding hydrogens is 347 g/mol. The fourth-order valence-electron chi connectivity index (χ4n) is 3.48. The van der Waals surface area contributed by atoms with E-state index in [2.05, 4.69) is 10.9 Å². The Morgan fingerprint density at radius 2 is 1.78 bits per heavy atom. The van der Waals surface area contributed by atoms with Crippen molar-refractivity contribution in [2.24, 2.45) is 0 Å². The van der Waals surface area contributed by atoms with Crippen LogP contribution in [0.5, 0.6) is 5.75 Å². The van der Waals surface area contributed by atoms with Crippen LogP contribution < -0.4 is 15.6 Å². The molecule has 2 amide bonds. The molecule has 0 saturated heterocycles. The fourth-order valence-corrected chi connectivity index (χ4v) is 3.48. The van der Waals surface area contributed by atoms with Crippen LogP contribution in [0, 0.1) is 12.7 Å². The van der Waals surface area contributed by atoms with Gasteiger partial charge in [0.15, 0.2) is 6.61 Å². The molecule has 0 bridgehead atoms. The molecule has 142 valence electrons. The zero-order chi connectivity index (χ0) is 19.3. The lowest BCUT2D eigenvalue weighted by Gasteiger charge is -2.28. The van der Waals surface area contributed by atoms with Crippen molar-refractivity contribution in [2.75, 3.05) is 6.61 Å². The molecule has 0 spiro atoms. The van der Waals surface area contributed by atoms with Gasteiger partial charge in [0.2, 0.25) is 5.91 Å². The molecule has 0 heterocycles. The highest BCUT2D eigenvalue weighted by Crippen LogP contribution is 2.41. The summed E-state index contributed by atoms with van der Waals surface area (Å²) >= 11 is 0. The number of hydrazine groups is 1. The Labute approximate surface area is 157 Å². The first-order chi connectivity index (χ1) is 13.0. The van der Waals surface area contributed by atoms with E-state index >= 15 is 0 Å². The van der Waals surface area contributed by atoms with Crippen LogP contribution in [-0.4, -0.2) is 18.4 Å². The predicted molar refractivity (Wildman–Crippen MR) is 99.5 cm³/mol. The van der Waals surface area contributed by atoms with Gasteiger partial charge < -0.3 is 4.74 Å². The molecule has 0 aliphatic heterocycles. The number of nitrogens with one attached hydrogen (secondary N) is 2. The Morgan fingerprint density at radius 1 is 1.07 bits per heavy atom. The molecule has 0 aromatic heterocycles. The minimum Gasteiger partial charge on any atom is -0.484 e. The maximum atomic E-state index is 13.6. The Kier molecular flexibility index (Phi) is 5.74. The molecule has 0 radical (unpaired) electrons. The zero-order valence-electron chi connectivity index (χ0n) is 15.3. The third-order valence-corrected chi connectivity index (χ3v) is 4.98. The summed E-state index contributed by atoms with van der Waals surface area (Å²) in [4.78, 5) is 24.8. The van der Waals surface area contributed by atoms with E-state index in [4.69, 9.17) is 4.74 Å². The Balaban J connectivity index is 1.58. The van der Waals surface area contributed by atoms with Gasteiger partial charge in [-0.05, 0) is 49.6 Å². The van der Waals surface area contributed by atoms with Crippen LogP contribution in [0.3, 0.4) is 0 Å². The highest BCUT2D eigenvalue weighted by Gasteiger charge is 2.43. The minimum absolute atomic E-state index is 0.212. The van der Waals surface area contributed by atoms with Crippen LogP contribution in [0.25, 0.3) is 0 Å². The minimum atomic E-state index is -0.812. The highest BCUT2D eigenvalue weighted by atomic mass is 19.1. The van der Waals surface area contributed by atoms with Crippen molar-refractivity contribution in [1.82, 2.24) is 10.9 Å². The first-order valence-corrected chi connectivity index (χ1v) is 9.04. The number of carbonyl (C=O) groups excluding carboxylic acids is 2. The Morgan fingerprint density at radius 3 is 2.44 bits per heavy atom. The van der Waals surface area contributed by atoms with Crippen molar-refractivity contribution in [3.63, 3.8) is 0 Å². The maximum Gasteiger partial charge on any atom is 0.276 e. The molecule has 5 nitrogen and oxygen atoms in total. The maximum absolute atomic E-state index is 13.6. The smallest absolute Gasteiger partial charge is 0.276 e. The topological polar surface area (TPSA) is 67.4 Å². The molecule has 0 unspecified atom stereocenters. The van der Waals surface area contributed by atoms with Gasteiger partial charge in [0.05, 0.1) is 5.41 Å². The van der Waals surface area contributed by atoms with E-state index in [-0.39, 0.29) is 18.3 Å². The lowest BCUT2D eigenvalue weighted by atomic mass is 9.78. The Hall–Kier alpha value is -2.89. The van der Waals surface area contributed by atoms with E-state index < -0.39 is 11.3 Å². The zero-order valence-corrected chi connectivity index (χ0v) is 15.3. The van der Waals surface area contributed by atoms with Crippen LogP contribution in [0.2, 0.25) is 0 Å². The van der Waals surface area contributed by atoms with Gasteiger partial charge in [-0.2, -0.15) is 0 Å². The van der Waals surface area contributed by atoms with Crippen LogP contribution in [-0.2, 0) is 15.0 Å². The van der Waals surface area contributed by atoms with Gasteiger partial charge in [0.25, 0.3) is 5.91 Å².